The van der Waals surface area contributed by atoms with Gasteiger partial charge in [-0.3, -0.25) is 0 Å². The highest BCUT2D eigenvalue weighted by Crippen LogP contribution is 2.29. The Bertz CT molecular complexity index is 606. The van der Waals surface area contributed by atoms with E-state index in [1.54, 1.807) is 26.0 Å². The number of nitrogens with two attached hydrogens (primary N) is 1. The molecule has 0 spiro atoms. The smallest absolute Gasteiger partial charge is 0.127 e. The molecule has 0 fully saturated rings. The summed E-state index contributed by atoms with van der Waals surface area (Å²) in [5.41, 5.74) is 8.54. The van der Waals surface area contributed by atoms with E-state index in [-0.39, 0.29) is 16.7 Å². The van der Waals surface area contributed by atoms with E-state index < -0.39 is 6.04 Å². The first-order valence-corrected chi connectivity index (χ1v) is 6.24. The predicted octanol–water partition coefficient (Wildman–Crippen LogP) is 4.28. The van der Waals surface area contributed by atoms with E-state index in [2.05, 4.69) is 0 Å². The van der Waals surface area contributed by atoms with Gasteiger partial charge in [0, 0.05) is 5.02 Å². The fourth-order valence-corrected chi connectivity index (χ4v) is 2.31. The molecular formula is C15H14ClF2N. The van der Waals surface area contributed by atoms with Crippen LogP contribution in [-0.4, -0.2) is 0 Å². The average molecular weight is 282 g/mol. The molecule has 1 atom stereocenters. The van der Waals surface area contributed by atoms with Gasteiger partial charge in [-0.05, 0) is 60.4 Å². The Hall–Kier alpha value is -1.45. The highest BCUT2D eigenvalue weighted by molar-refractivity contribution is 6.31. The molecule has 0 heterocycles. The van der Waals surface area contributed by atoms with Crippen LogP contribution in [0.5, 0.6) is 0 Å². The van der Waals surface area contributed by atoms with Gasteiger partial charge in [-0.2, -0.15) is 0 Å². The van der Waals surface area contributed by atoms with E-state index >= 15 is 0 Å². The number of hydrogen-bond acceptors (Lipinski definition) is 1. The largest absolute Gasteiger partial charge is 0.320 e. The Balaban J connectivity index is 2.49. The molecule has 1 nitrogen and oxygen atoms in total. The van der Waals surface area contributed by atoms with Crippen molar-refractivity contribution in [3.8, 4) is 0 Å². The quantitative estimate of drug-likeness (QED) is 0.873. The standard InChI is InChI=1S/C15H14ClF2N/c1-8-3-10(6-11(17)4-8)15(19)12-5-9(2)14(18)7-13(12)16/h3-7,15H,19H2,1-2H3. The molecule has 0 amide bonds. The lowest BCUT2D eigenvalue weighted by Gasteiger charge is -2.16. The molecule has 0 saturated heterocycles. The predicted molar refractivity (Wildman–Crippen MR) is 73.3 cm³/mol. The van der Waals surface area contributed by atoms with Gasteiger partial charge in [-0.15, -0.1) is 0 Å². The lowest BCUT2D eigenvalue weighted by Crippen LogP contribution is -2.13. The minimum Gasteiger partial charge on any atom is -0.320 e. The summed E-state index contributed by atoms with van der Waals surface area (Å²) in [4.78, 5) is 0. The molecule has 0 aliphatic heterocycles. The van der Waals surface area contributed by atoms with Crippen molar-refractivity contribution in [3.63, 3.8) is 0 Å². The SMILES string of the molecule is Cc1cc(F)cc(C(N)c2cc(C)c(F)cc2Cl)c1. The molecular weight excluding hydrogens is 268 g/mol. The van der Waals surface area contributed by atoms with Crippen molar-refractivity contribution in [1.82, 2.24) is 0 Å². The minimum absolute atomic E-state index is 0.248. The van der Waals surface area contributed by atoms with E-state index in [0.29, 0.717) is 16.7 Å². The zero-order valence-corrected chi connectivity index (χ0v) is 11.4. The molecule has 0 radical (unpaired) electrons. The van der Waals surface area contributed by atoms with Crippen LogP contribution in [0.4, 0.5) is 8.78 Å². The van der Waals surface area contributed by atoms with Crippen molar-refractivity contribution in [1.29, 1.82) is 0 Å². The van der Waals surface area contributed by atoms with Gasteiger partial charge in [0.2, 0.25) is 0 Å². The Morgan fingerprint density at radius 1 is 1.05 bits per heavy atom. The summed E-state index contributed by atoms with van der Waals surface area (Å²) in [6.07, 6.45) is 0. The lowest BCUT2D eigenvalue weighted by atomic mass is 9.96. The van der Waals surface area contributed by atoms with Gasteiger partial charge in [0.25, 0.3) is 0 Å². The molecule has 100 valence electrons. The van der Waals surface area contributed by atoms with Gasteiger partial charge in [-0.1, -0.05) is 17.7 Å². The maximum Gasteiger partial charge on any atom is 0.127 e. The highest BCUT2D eigenvalue weighted by Gasteiger charge is 2.15. The molecule has 0 saturated carbocycles. The van der Waals surface area contributed by atoms with Gasteiger partial charge >= 0.3 is 0 Å². The van der Waals surface area contributed by atoms with Crippen LogP contribution in [0.25, 0.3) is 0 Å². The molecule has 0 aliphatic rings. The summed E-state index contributed by atoms with van der Waals surface area (Å²) in [5.74, 6) is -0.725. The molecule has 2 aromatic carbocycles. The summed E-state index contributed by atoms with van der Waals surface area (Å²) < 4.78 is 26.8. The van der Waals surface area contributed by atoms with Gasteiger partial charge in [-0.25, -0.2) is 8.78 Å². The van der Waals surface area contributed by atoms with Crippen molar-refractivity contribution < 1.29 is 8.78 Å². The Morgan fingerprint density at radius 2 is 1.74 bits per heavy atom. The van der Waals surface area contributed by atoms with Gasteiger partial charge in [0.15, 0.2) is 0 Å². The van der Waals surface area contributed by atoms with E-state index in [4.69, 9.17) is 17.3 Å². The molecule has 2 N–H and O–H groups in total. The zero-order valence-electron chi connectivity index (χ0n) is 10.7. The van der Waals surface area contributed by atoms with Crippen LogP contribution in [0.3, 0.4) is 0 Å². The van der Waals surface area contributed by atoms with Crippen molar-refractivity contribution >= 4 is 11.6 Å². The molecule has 2 rings (SSSR count). The summed E-state index contributed by atoms with van der Waals surface area (Å²) >= 11 is 6.01. The molecule has 19 heavy (non-hydrogen) atoms. The average Bonchev–Trinajstić information content (AvgIpc) is 2.31. The first kappa shape index (κ1) is 14.0. The van der Waals surface area contributed by atoms with Crippen LogP contribution < -0.4 is 5.73 Å². The third-order valence-electron chi connectivity index (χ3n) is 3.04. The van der Waals surface area contributed by atoms with Gasteiger partial charge in [0.1, 0.15) is 11.6 Å². The molecule has 0 aliphatic carbocycles. The molecule has 4 heteroatoms. The van der Waals surface area contributed by atoms with Crippen LogP contribution in [-0.2, 0) is 0 Å². The normalized spacial score (nSPS) is 12.5. The van der Waals surface area contributed by atoms with E-state index in [1.165, 1.54) is 18.2 Å². The van der Waals surface area contributed by atoms with Crippen molar-refractivity contribution in [2.75, 3.05) is 0 Å². The van der Waals surface area contributed by atoms with Crippen LogP contribution in [0.1, 0.15) is 28.3 Å². The third kappa shape index (κ3) is 2.94. The van der Waals surface area contributed by atoms with Crippen molar-refractivity contribution in [2.24, 2.45) is 5.73 Å². The fraction of sp³-hybridized carbons (Fsp3) is 0.200. The molecule has 1 unspecified atom stereocenters. The second-order valence-corrected chi connectivity index (χ2v) is 5.07. The lowest BCUT2D eigenvalue weighted by molar-refractivity contribution is 0.615. The second kappa shape index (κ2) is 5.27. The maximum absolute atomic E-state index is 13.4. The van der Waals surface area contributed by atoms with Gasteiger partial charge in [0.05, 0.1) is 6.04 Å². The van der Waals surface area contributed by atoms with Crippen molar-refractivity contribution in [2.45, 2.75) is 19.9 Å². The van der Waals surface area contributed by atoms with E-state index in [0.717, 1.165) is 5.56 Å². The zero-order chi connectivity index (χ0) is 14.2. The van der Waals surface area contributed by atoms with Crippen molar-refractivity contribution in [3.05, 3.63) is 69.2 Å². The highest BCUT2D eigenvalue weighted by atomic mass is 35.5. The first-order chi connectivity index (χ1) is 8.88. The third-order valence-corrected chi connectivity index (χ3v) is 3.36. The summed E-state index contributed by atoms with van der Waals surface area (Å²) in [5, 5.41) is 0.248. The van der Waals surface area contributed by atoms with Gasteiger partial charge < -0.3 is 5.73 Å². The topological polar surface area (TPSA) is 26.0 Å². The Labute approximate surface area is 116 Å². The number of halogens is 3. The summed E-state index contributed by atoms with van der Waals surface area (Å²) in [7, 11) is 0. The van der Waals surface area contributed by atoms with Crippen LogP contribution in [0.2, 0.25) is 5.02 Å². The Kier molecular flexibility index (Phi) is 3.88. The Morgan fingerprint density at radius 3 is 2.37 bits per heavy atom. The van der Waals surface area contributed by atoms with Crippen LogP contribution in [0, 0.1) is 25.5 Å². The summed E-state index contributed by atoms with van der Waals surface area (Å²) in [6, 6.07) is 6.84. The molecule has 0 aromatic heterocycles. The first-order valence-electron chi connectivity index (χ1n) is 5.86. The number of rotatable bonds is 2. The minimum atomic E-state index is -0.582. The number of benzene rings is 2. The number of hydrogen-bond donors (Lipinski definition) is 1. The van der Waals surface area contributed by atoms with Crippen LogP contribution >= 0.6 is 11.6 Å². The van der Waals surface area contributed by atoms with E-state index in [9.17, 15) is 8.78 Å². The fourth-order valence-electron chi connectivity index (χ4n) is 2.04. The monoisotopic (exact) mass is 281 g/mol. The summed E-state index contributed by atoms with van der Waals surface area (Å²) in [6.45, 7) is 3.43. The second-order valence-electron chi connectivity index (χ2n) is 4.66. The van der Waals surface area contributed by atoms with Crippen LogP contribution in [0.15, 0.2) is 30.3 Å². The van der Waals surface area contributed by atoms with E-state index in [1.807, 2.05) is 0 Å². The maximum atomic E-state index is 13.4. The number of aryl methyl sites for hydroxylation is 2. The molecule has 2 aromatic rings. The molecule has 0 bridgehead atoms.